The van der Waals surface area contributed by atoms with E-state index in [1.165, 1.54) is 6.92 Å². The molecular formula is C24H23N3O4. The number of carbonyl (C=O) groups is 2. The molecule has 7 nitrogen and oxygen atoms in total. The number of nitrogens with zero attached hydrogens (tertiary/aromatic N) is 1. The first kappa shape index (κ1) is 21.6. The van der Waals surface area contributed by atoms with E-state index in [2.05, 4.69) is 15.8 Å². The number of hydrogen-bond donors (Lipinski definition) is 2. The lowest BCUT2D eigenvalue weighted by Crippen LogP contribution is -2.18. The van der Waals surface area contributed by atoms with Gasteiger partial charge >= 0.3 is 0 Å². The third kappa shape index (κ3) is 6.71. The van der Waals surface area contributed by atoms with Crippen molar-refractivity contribution in [1.82, 2.24) is 5.43 Å². The van der Waals surface area contributed by atoms with E-state index in [1.54, 1.807) is 37.6 Å². The number of carbonyl (C=O) groups excluding carboxylic acids is 2. The van der Waals surface area contributed by atoms with Crippen molar-refractivity contribution in [3.05, 3.63) is 89.5 Å². The molecule has 0 unspecified atom stereocenters. The van der Waals surface area contributed by atoms with Crippen molar-refractivity contribution in [3.8, 4) is 11.5 Å². The lowest BCUT2D eigenvalue weighted by Gasteiger charge is -2.07. The van der Waals surface area contributed by atoms with Crippen molar-refractivity contribution >= 4 is 23.7 Å². The molecule has 7 heteroatoms. The maximum atomic E-state index is 12.2. The summed E-state index contributed by atoms with van der Waals surface area (Å²) >= 11 is 0. The van der Waals surface area contributed by atoms with E-state index in [9.17, 15) is 9.59 Å². The average molecular weight is 417 g/mol. The second kappa shape index (κ2) is 10.6. The standard InChI is InChI=1S/C24H23N3O4/c1-17(28)26-21-5-3-4-20(14-21)24(29)27-25-15-18-6-12-23(13-7-18)31-16-19-8-10-22(30-2)11-9-19/h3-15H,16H2,1-2H3,(H,26,28)(H,27,29). The quantitative estimate of drug-likeness (QED) is 0.428. The Labute approximate surface area is 180 Å². The highest BCUT2D eigenvalue weighted by Crippen LogP contribution is 2.16. The van der Waals surface area contributed by atoms with Gasteiger partial charge in [-0.2, -0.15) is 5.10 Å². The lowest BCUT2D eigenvalue weighted by atomic mass is 10.2. The molecule has 3 rings (SSSR count). The van der Waals surface area contributed by atoms with E-state index in [-0.39, 0.29) is 11.8 Å². The number of hydrazone groups is 1. The highest BCUT2D eigenvalue weighted by atomic mass is 16.5. The third-order valence-electron chi connectivity index (χ3n) is 4.27. The van der Waals surface area contributed by atoms with Gasteiger partial charge < -0.3 is 14.8 Å². The summed E-state index contributed by atoms with van der Waals surface area (Å²) in [6, 6.07) is 21.7. The summed E-state index contributed by atoms with van der Waals surface area (Å²) in [4.78, 5) is 23.4. The Balaban J connectivity index is 1.51. The van der Waals surface area contributed by atoms with Gasteiger partial charge in [0.25, 0.3) is 5.91 Å². The Morgan fingerprint density at radius 2 is 1.68 bits per heavy atom. The molecule has 158 valence electrons. The Bertz CT molecular complexity index is 1060. The Kier molecular flexibility index (Phi) is 7.37. The highest BCUT2D eigenvalue weighted by molar-refractivity contribution is 5.97. The van der Waals surface area contributed by atoms with Crippen molar-refractivity contribution in [2.24, 2.45) is 5.10 Å². The van der Waals surface area contributed by atoms with Crippen LogP contribution in [0.3, 0.4) is 0 Å². The van der Waals surface area contributed by atoms with Gasteiger partial charge in [0, 0.05) is 18.2 Å². The topological polar surface area (TPSA) is 89.0 Å². The fourth-order valence-electron chi connectivity index (χ4n) is 2.71. The fraction of sp³-hybridized carbons (Fsp3) is 0.125. The molecule has 3 aromatic rings. The Morgan fingerprint density at radius 1 is 0.968 bits per heavy atom. The predicted octanol–water partition coefficient (Wildman–Crippen LogP) is 4.00. The van der Waals surface area contributed by atoms with Crippen molar-refractivity contribution in [2.75, 3.05) is 12.4 Å². The van der Waals surface area contributed by atoms with Crippen LogP contribution < -0.4 is 20.2 Å². The summed E-state index contributed by atoms with van der Waals surface area (Å²) < 4.78 is 10.9. The minimum absolute atomic E-state index is 0.202. The number of benzene rings is 3. The second-order valence-electron chi connectivity index (χ2n) is 6.67. The zero-order chi connectivity index (χ0) is 22.1. The maximum absolute atomic E-state index is 12.2. The minimum atomic E-state index is -0.372. The molecular weight excluding hydrogens is 394 g/mol. The summed E-state index contributed by atoms with van der Waals surface area (Å²) in [5.74, 6) is 0.960. The van der Waals surface area contributed by atoms with Crippen LogP contribution >= 0.6 is 0 Å². The maximum Gasteiger partial charge on any atom is 0.271 e. The minimum Gasteiger partial charge on any atom is -0.497 e. The van der Waals surface area contributed by atoms with Crippen molar-refractivity contribution in [3.63, 3.8) is 0 Å². The molecule has 0 saturated carbocycles. The van der Waals surface area contributed by atoms with E-state index < -0.39 is 0 Å². The van der Waals surface area contributed by atoms with Crippen molar-refractivity contribution in [1.29, 1.82) is 0 Å². The molecule has 0 atom stereocenters. The summed E-state index contributed by atoms with van der Waals surface area (Å²) in [6.07, 6.45) is 1.54. The molecule has 0 aliphatic carbocycles. The van der Waals surface area contributed by atoms with Crippen molar-refractivity contribution < 1.29 is 19.1 Å². The molecule has 0 spiro atoms. The first-order chi connectivity index (χ1) is 15.0. The zero-order valence-corrected chi connectivity index (χ0v) is 17.3. The molecule has 0 saturated heterocycles. The summed E-state index contributed by atoms with van der Waals surface area (Å²) in [6.45, 7) is 1.86. The van der Waals surface area contributed by atoms with Crippen LogP contribution in [0.25, 0.3) is 0 Å². The summed E-state index contributed by atoms with van der Waals surface area (Å²) in [7, 11) is 1.63. The Hall–Kier alpha value is -4.13. The number of amides is 2. The number of anilines is 1. The predicted molar refractivity (Wildman–Crippen MR) is 120 cm³/mol. The van der Waals surface area contributed by atoms with Crippen LogP contribution in [0, 0.1) is 0 Å². The molecule has 3 aromatic carbocycles. The van der Waals surface area contributed by atoms with Gasteiger partial charge in [0.15, 0.2) is 0 Å². The van der Waals surface area contributed by atoms with Gasteiger partial charge in [-0.3, -0.25) is 9.59 Å². The zero-order valence-electron chi connectivity index (χ0n) is 17.3. The lowest BCUT2D eigenvalue weighted by molar-refractivity contribution is -0.114. The molecule has 0 bridgehead atoms. The summed E-state index contributed by atoms with van der Waals surface area (Å²) in [5.41, 5.74) is 5.27. The first-order valence-corrected chi connectivity index (χ1v) is 9.60. The van der Waals surface area contributed by atoms with Crippen LogP contribution in [-0.4, -0.2) is 25.1 Å². The number of ether oxygens (including phenoxy) is 2. The van der Waals surface area contributed by atoms with E-state index >= 15 is 0 Å². The van der Waals surface area contributed by atoms with E-state index in [0.29, 0.717) is 17.9 Å². The van der Waals surface area contributed by atoms with Gasteiger partial charge in [0.1, 0.15) is 18.1 Å². The molecule has 31 heavy (non-hydrogen) atoms. The van der Waals surface area contributed by atoms with E-state index in [4.69, 9.17) is 9.47 Å². The molecule has 0 heterocycles. The molecule has 0 radical (unpaired) electrons. The number of rotatable bonds is 8. The van der Waals surface area contributed by atoms with Crippen LogP contribution in [0.1, 0.15) is 28.4 Å². The van der Waals surface area contributed by atoms with Gasteiger partial charge in [-0.15, -0.1) is 0 Å². The molecule has 2 amide bonds. The number of nitrogens with one attached hydrogen (secondary N) is 2. The van der Waals surface area contributed by atoms with Gasteiger partial charge in [-0.1, -0.05) is 18.2 Å². The summed E-state index contributed by atoms with van der Waals surface area (Å²) in [5, 5.41) is 6.62. The van der Waals surface area contributed by atoms with Gasteiger partial charge in [-0.25, -0.2) is 5.43 Å². The monoisotopic (exact) mass is 417 g/mol. The van der Waals surface area contributed by atoms with E-state index in [1.807, 2.05) is 48.5 Å². The molecule has 0 aromatic heterocycles. The highest BCUT2D eigenvalue weighted by Gasteiger charge is 2.05. The third-order valence-corrected chi connectivity index (χ3v) is 4.27. The molecule has 2 N–H and O–H groups in total. The average Bonchev–Trinajstić information content (AvgIpc) is 2.78. The Morgan fingerprint density at radius 3 is 2.35 bits per heavy atom. The van der Waals surface area contributed by atoms with E-state index in [0.717, 1.165) is 22.6 Å². The number of methoxy groups -OCH3 is 1. The van der Waals surface area contributed by atoms with Crippen molar-refractivity contribution in [2.45, 2.75) is 13.5 Å². The van der Waals surface area contributed by atoms with Crippen LogP contribution in [0.15, 0.2) is 77.9 Å². The van der Waals surface area contributed by atoms with Gasteiger partial charge in [0.2, 0.25) is 5.91 Å². The van der Waals surface area contributed by atoms with Gasteiger partial charge in [-0.05, 0) is 65.7 Å². The smallest absolute Gasteiger partial charge is 0.271 e. The molecule has 0 aliphatic rings. The number of hydrogen-bond acceptors (Lipinski definition) is 5. The fourth-order valence-corrected chi connectivity index (χ4v) is 2.71. The largest absolute Gasteiger partial charge is 0.497 e. The molecule has 0 fully saturated rings. The normalized spacial score (nSPS) is 10.5. The van der Waals surface area contributed by atoms with Crippen LogP contribution in [0.5, 0.6) is 11.5 Å². The van der Waals surface area contributed by atoms with Crippen LogP contribution in [0.4, 0.5) is 5.69 Å². The van der Waals surface area contributed by atoms with Crippen LogP contribution in [-0.2, 0) is 11.4 Å². The second-order valence-corrected chi connectivity index (χ2v) is 6.67. The molecule has 0 aliphatic heterocycles. The first-order valence-electron chi connectivity index (χ1n) is 9.60. The van der Waals surface area contributed by atoms with Crippen LogP contribution in [0.2, 0.25) is 0 Å². The van der Waals surface area contributed by atoms with Gasteiger partial charge in [0.05, 0.1) is 13.3 Å². The SMILES string of the molecule is COc1ccc(COc2ccc(C=NNC(=O)c3cccc(NC(C)=O)c3)cc2)cc1.